The second-order valence-corrected chi connectivity index (χ2v) is 9.79. The molecule has 152 valence electrons. The van der Waals surface area contributed by atoms with E-state index in [0.717, 1.165) is 27.4 Å². The van der Waals surface area contributed by atoms with Gasteiger partial charge in [-0.2, -0.15) is 0 Å². The maximum absolute atomic E-state index is 4.46. The predicted molar refractivity (Wildman–Crippen MR) is 124 cm³/mol. The zero-order valence-corrected chi connectivity index (χ0v) is 18.7. The Balaban J connectivity index is 1.43. The Labute approximate surface area is 179 Å². The molecule has 0 atom stereocenters. The molecule has 4 rings (SSSR count). The Morgan fingerprint density at radius 3 is 1.90 bits per heavy atom. The molecule has 2 aromatic carbocycles. The van der Waals surface area contributed by atoms with Crippen molar-refractivity contribution < 1.29 is 0 Å². The molecule has 1 aliphatic rings. The number of aromatic nitrogens is 2. The monoisotopic (exact) mass is 404 g/mol. The van der Waals surface area contributed by atoms with Crippen LogP contribution in [0.2, 0.25) is 0 Å². The molecule has 3 aromatic rings. The van der Waals surface area contributed by atoms with E-state index in [4.69, 9.17) is 0 Å². The summed E-state index contributed by atoms with van der Waals surface area (Å²) in [4.78, 5) is 0. The van der Waals surface area contributed by atoms with Crippen LogP contribution in [0, 0.1) is 5.92 Å². The van der Waals surface area contributed by atoms with E-state index in [0.29, 0.717) is 5.92 Å². The third-order valence-electron chi connectivity index (χ3n) is 6.42. The molecule has 0 N–H and O–H groups in total. The zero-order valence-electron chi connectivity index (χ0n) is 17.9. The van der Waals surface area contributed by atoms with Gasteiger partial charge in [0.05, 0.1) is 0 Å². The summed E-state index contributed by atoms with van der Waals surface area (Å²) >= 11 is 1.68. The van der Waals surface area contributed by atoms with Gasteiger partial charge in [0.2, 0.25) is 0 Å². The van der Waals surface area contributed by atoms with Crippen molar-refractivity contribution in [3.63, 3.8) is 0 Å². The maximum atomic E-state index is 4.46. The highest BCUT2D eigenvalue weighted by molar-refractivity contribution is 7.17. The summed E-state index contributed by atoms with van der Waals surface area (Å²) in [5.74, 6) is 2.25. The Bertz CT molecular complexity index is 901. The predicted octanol–water partition coefficient (Wildman–Crippen LogP) is 8.07. The molecule has 1 aromatic heterocycles. The van der Waals surface area contributed by atoms with Crippen LogP contribution in [-0.4, -0.2) is 10.2 Å². The minimum Gasteiger partial charge on any atom is -0.138 e. The molecule has 3 heteroatoms. The van der Waals surface area contributed by atoms with Gasteiger partial charge >= 0.3 is 0 Å². The molecule has 0 aliphatic heterocycles. The van der Waals surface area contributed by atoms with Gasteiger partial charge in [-0.1, -0.05) is 93.5 Å². The number of rotatable bonds is 6. The van der Waals surface area contributed by atoms with Gasteiger partial charge in [-0.15, -0.1) is 10.2 Å². The molecule has 0 saturated heterocycles. The van der Waals surface area contributed by atoms with E-state index in [1.807, 2.05) is 0 Å². The van der Waals surface area contributed by atoms with E-state index in [1.54, 1.807) is 11.3 Å². The second kappa shape index (κ2) is 9.21. The van der Waals surface area contributed by atoms with Crippen molar-refractivity contribution in [3.8, 4) is 21.1 Å². The molecule has 0 amide bonds. The summed E-state index contributed by atoms with van der Waals surface area (Å²) in [6.45, 7) is 6.75. The lowest BCUT2D eigenvalue weighted by Gasteiger charge is -2.28. The van der Waals surface area contributed by atoms with Gasteiger partial charge in [0.15, 0.2) is 0 Å². The van der Waals surface area contributed by atoms with E-state index >= 15 is 0 Å². The summed E-state index contributed by atoms with van der Waals surface area (Å²) in [5.41, 5.74) is 5.19. The van der Waals surface area contributed by atoms with Gasteiger partial charge in [-0.25, -0.2) is 0 Å². The number of hydrogen-bond acceptors (Lipinski definition) is 3. The maximum Gasteiger partial charge on any atom is 0.148 e. The molecule has 1 heterocycles. The quantitative estimate of drug-likeness (QED) is 0.415. The highest BCUT2D eigenvalue weighted by Gasteiger charge is 2.22. The normalized spacial score (nSPS) is 19.6. The Morgan fingerprint density at radius 2 is 1.38 bits per heavy atom. The number of benzene rings is 2. The van der Waals surface area contributed by atoms with E-state index in [-0.39, 0.29) is 0 Å². The van der Waals surface area contributed by atoms with Crippen LogP contribution in [-0.2, 0) is 0 Å². The first kappa shape index (κ1) is 20.3. The minimum atomic E-state index is 0.550. The van der Waals surface area contributed by atoms with Crippen LogP contribution >= 0.6 is 11.3 Å². The fourth-order valence-corrected chi connectivity index (χ4v) is 5.41. The van der Waals surface area contributed by atoms with Gasteiger partial charge in [-0.05, 0) is 54.6 Å². The van der Waals surface area contributed by atoms with Crippen molar-refractivity contribution in [1.82, 2.24) is 10.2 Å². The molecule has 1 aliphatic carbocycles. The Morgan fingerprint density at radius 1 is 0.828 bits per heavy atom. The molecule has 1 fully saturated rings. The third-order valence-corrected chi connectivity index (χ3v) is 7.44. The lowest BCUT2D eigenvalue weighted by atomic mass is 9.77. The summed E-state index contributed by atoms with van der Waals surface area (Å²) in [5, 5.41) is 10.9. The SMILES string of the molecule is CCCC1CCC(c2ccc(-c3nnc(-c4ccc(C(C)C)cc4)s3)cc2)CC1. The van der Waals surface area contributed by atoms with Crippen molar-refractivity contribution >= 4 is 11.3 Å². The van der Waals surface area contributed by atoms with Gasteiger partial charge in [0.1, 0.15) is 10.0 Å². The first-order chi connectivity index (χ1) is 14.1. The lowest BCUT2D eigenvalue weighted by Crippen LogP contribution is -2.13. The van der Waals surface area contributed by atoms with Gasteiger partial charge in [0, 0.05) is 11.1 Å². The topological polar surface area (TPSA) is 25.8 Å². The van der Waals surface area contributed by atoms with Crippen LogP contribution in [0.25, 0.3) is 21.1 Å². The van der Waals surface area contributed by atoms with Crippen molar-refractivity contribution in [2.75, 3.05) is 0 Å². The average molecular weight is 405 g/mol. The van der Waals surface area contributed by atoms with E-state index in [9.17, 15) is 0 Å². The fraction of sp³-hybridized carbons (Fsp3) is 0.462. The van der Waals surface area contributed by atoms with Crippen LogP contribution in [0.1, 0.15) is 82.3 Å². The van der Waals surface area contributed by atoms with Gasteiger partial charge in [0.25, 0.3) is 0 Å². The lowest BCUT2D eigenvalue weighted by molar-refractivity contribution is 0.308. The smallest absolute Gasteiger partial charge is 0.138 e. The molecule has 0 radical (unpaired) electrons. The molecule has 0 unspecified atom stereocenters. The van der Waals surface area contributed by atoms with Crippen LogP contribution in [0.15, 0.2) is 48.5 Å². The Hall–Kier alpha value is -2.00. The van der Waals surface area contributed by atoms with E-state index < -0.39 is 0 Å². The first-order valence-electron chi connectivity index (χ1n) is 11.2. The van der Waals surface area contributed by atoms with Crippen LogP contribution in [0.4, 0.5) is 0 Å². The summed E-state index contributed by atoms with van der Waals surface area (Å²) < 4.78 is 0. The highest BCUT2D eigenvalue weighted by Crippen LogP contribution is 2.38. The fourth-order valence-electron chi connectivity index (χ4n) is 4.56. The second-order valence-electron chi connectivity index (χ2n) is 8.82. The summed E-state index contributed by atoms with van der Waals surface area (Å²) in [6, 6.07) is 17.8. The van der Waals surface area contributed by atoms with Crippen molar-refractivity contribution in [2.24, 2.45) is 5.92 Å². The van der Waals surface area contributed by atoms with E-state index in [1.165, 1.54) is 55.2 Å². The van der Waals surface area contributed by atoms with Crippen LogP contribution < -0.4 is 0 Å². The molecular formula is C26H32N2S. The van der Waals surface area contributed by atoms with E-state index in [2.05, 4.69) is 79.5 Å². The van der Waals surface area contributed by atoms with Gasteiger partial charge in [-0.3, -0.25) is 0 Å². The van der Waals surface area contributed by atoms with Gasteiger partial charge < -0.3 is 0 Å². The van der Waals surface area contributed by atoms with Crippen LogP contribution in [0.3, 0.4) is 0 Å². The molecule has 29 heavy (non-hydrogen) atoms. The number of hydrogen-bond donors (Lipinski definition) is 0. The highest BCUT2D eigenvalue weighted by atomic mass is 32.1. The standard InChI is InChI=1S/C26H32N2S/c1-4-5-19-6-8-21(9-7-19)22-12-16-24(17-13-22)26-28-27-25(29-26)23-14-10-20(11-15-23)18(2)3/h10-19,21H,4-9H2,1-3H3. The first-order valence-corrected chi connectivity index (χ1v) is 12.0. The van der Waals surface area contributed by atoms with Crippen molar-refractivity contribution in [1.29, 1.82) is 0 Å². The molecule has 2 nitrogen and oxygen atoms in total. The third kappa shape index (κ3) is 4.78. The summed E-state index contributed by atoms with van der Waals surface area (Å²) in [6.07, 6.45) is 8.23. The zero-order chi connectivity index (χ0) is 20.2. The largest absolute Gasteiger partial charge is 0.148 e. The van der Waals surface area contributed by atoms with Crippen molar-refractivity contribution in [2.45, 2.75) is 71.1 Å². The Kier molecular flexibility index (Phi) is 6.44. The molecular weight excluding hydrogens is 372 g/mol. The number of nitrogens with zero attached hydrogens (tertiary/aromatic N) is 2. The molecule has 0 bridgehead atoms. The molecule has 1 saturated carbocycles. The summed E-state index contributed by atoms with van der Waals surface area (Å²) in [7, 11) is 0. The molecule has 0 spiro atoms. The minimum absolute atomic E-state index is 0.550. The van der Waals surface area contributed by atoms with Crippen LogP contribution in [0.5, 0.6) is 0 Å². The average Bonchev–Trinajstić information content (AvgIpc) is 3.25. The van der Waals surface area contributed by atoms with Crippen molar-refractivity contribution in [3.05, 3.63) is 59.7 Å².